The first-order valence-electron chi connectivity index (χ1n) is 8.53. The van der Waals surface area contributed by atoms with Gasteiger partial charge in [-0.3, -0.25) is 4.90 Å². The Kier molecular flexibility index (Phi) is 4.17. The molecule has 1 aromatic heterocycles. The Morgan fingerprint density at radius 2 is 1.92 bits per heavy atom. The normalized spacial score (nSPS) is 19.7. The van der Waals surface area contributed by atoms with Crippen molar-refractivity contribution >= 4 is 6.03 Å². The van der Waals surface area contributed by atoms with Gasteiger partial charge in [-0.25, -0.2) is 9.48 Å². The van der Waals surface area contributed by atoms with Crippen LogP contribution in [0.25, 0.3) is 5.69 Å². The molecule has 2 aromatic rings. The van der Waals surface area contributed by atoms with Crippen molar-refractivity contribution in [1.82, 2.24) is 30.1 Å². The second kappa shape index (κ2) is 6.60. The Bertz CT molecular complexity index is 692. The highest BCUT2D eigenvalue weighted by Crippen LogP contribution is 2.19. The molecule has 0 saturated carbocycles. The SMILES string of the molecule is O=C1NCCN1C1CCN(Cc2cn(-c3ccccc3)nn2)CC1. The van der Waals surface area contributed by atoms with E-state index in [1.54, 1.807) is 0 Å². The van der Waals surface area contributed by atoms with Gasteiger partial charge in [-0.05, 0) is 25.0 Å². The molecule has 2 aliphatic rings. The van der Waals surface area contributed by atoms with Crippen LogP contribution in [0.1, 0.15) is 18.5 Å². The number of amides is 2. The van der Waals surface area contributed by atoms with Gasteiger partial charge in [0.15, 0.2) is 0 Å². The zero-order chi connectivity index (χ0) is 16.4. The van der Waals surface area contributed by atoms with Gasteiger partial charge in [0.25, 0.3) is 0 Å². The highest BCUT2D eigenvalue weighted by Gasteiger charge is 2.30. The summed E-state index contributed by atoms with van der Waals surface area (Å²) in [6.07, 6.45) is 4.05. The molecule has 126 valence electrons. The van der Waals surface area contributed by atoms with Gasteiger partial charge in [0.2, 0.25) is 0 Å². The van der Waals surface area contributed by atoms with Crippen LogP contribution in [-0.2, 0) is 6.54 Å². The van der Waals surface area contributed by atoms with Crippen LogP contribution in [0, 0.1) is 0 Å². The van der Waals surface area contributed by atoms with Crippen molar-refractivity contribution in [3.8, 4) is 5.69 Å². The number of hydrogen-bond donors (Lipinski definition) is 1. The molecular formula is C17H22N6O. The molecule has 2 fully saturated rings. The monoisotopic (exact) mass is 326 g/mol. The van der Waals surface area contributed by atoms with Gasteiger partial charge < -0.3 is 10.2 Å². The number of nitrogens with zero attached hydrogens (tertiary/aromatic N) is 5. The summed E-state index contributed by atoms with van der Waals surface area (Å²) in [6, 6.07) is 10.5. The third-order valence-electron chi connectivity index (χ3n) is 4.83. The fraction of sp³-hybridized carbons (Fsp3) is 0.471. The molecule has 2 amide bonds. The molecule has 0 unspecified atom stereocenters. The van der Waals surface area contributed by atoms with Crippen molar-refractivity contribution in [2.24, 2.45) is 0 Å². The van der Waals surface area contributed by atoms with E-state index in [0.29, 0.717) is 6.04 Å². The van der Waals surface area contributed by atoms with E-state index < -0.39 is 0 Å². The molecule has 1 N–H and O–H groups in total. The number of hydrogen-bond acceptors (Lipinski definition) is 4. The number of urea groups is 1. The summed E-state index contributed by atoms with van der Waals surface area (Å²) >= 11 is 0. The van der Waals surface area contributed by atoms with Gasteiger partial charge in [-0.15, -0.1) is 5.10 Å². The lowest BCUT2D eigenvalue weighted by Gasteiger charge is -2.35. The van der Waals surface area contributed by atoms with Crippen LogP contribution in [-0.4, -0.2) is 63.0 Å². The zero-order valence-electron chi connectivity index (χ0n) is 13.6. The number of rotatable bonds is 4. The van der Waals surface area contributed by atoms with Crippen LogP contribution >= 0.6 is 0 Å². The number of nitrogens with one attached hydrogen (secondary N) is 1. The lowest BCUT2D eigenvalue weighted by molar-refractivity contribution is 0.131. The van der Waals surface area contributed by atoms with Crippen LogP contribution in [0.4, 0.5) is 4.79 Å². The minimum Gasteiger partial charge on any atom is -0.336 e. The Hall–Kier alpha value is -2.41. The molecule has 0 spiro atoms. The first kappa shape index (κ1) is 15.1. The van der Waals surface area contributed by atoms with E-state index in [4.69, 9.17) is 0 Å². The van der Waals surface area contributed by atoms with Crippen molar-refractivity contribution in [3.63, 3.8) is 0 Å². The van der Waals surface area contributed by atoms with Crippen molar-refractivity contribution in [2.75, 3.05) is 26.2 Å². The number of likely N-dealkylation sites (tertiary alicyclic amines) is 1. The Labute approximate surface area is 141 Å². The average molecular weight is 326 g/mol. The highest BCUT2D eigenvalue weighted by molar-refractivity contribution is 5.76. The lowest BCUT2D eigenvalue weighted by Crippen LogP contribution is -2.45. The molecule has 7 heteroatoms. The molecule has 0 radical (unpaired) electrons. The number of carbonyl (C=O) groups is 1. The largest absolute Gasteiger partial charge is 0.336 e. The molecule has 0 bridgehead atoms. The Morgan fingerprint density at radius 1 is 1.12 bits per heavy atom. The van der Waals surface area contributed by atoms with Crippen molar-refractivity contribution < 1.29 is 4.79 Å². The topological polar surface area (TPSA) is 66.3 Å². The van der Waals surface area contributed by atoms with Gasteiger partial charge in [0, 0.05) is 38.8 Å². The summed E-state index contributed by atoms with van der Waals surface area (Å²) in [4.78, 5) is 16.1. The van der Waals surface area contributed by atoms with Gasteiger partial charge in [-0.1, -0.05) is 23.4 Å². The highest BCUT2D eigenvalue weighted by atomic mass is 16.2. The molecule has 24 heavy (non-hydrogen) atoms. The summed E-state index contributed by atoms with van der Waals surface area (Å²) in [5.41, 5.74) is 2.01. The number of carbonyl (C=O) groups excluding carboxylic acids is 1. The summed E-state index contributed by atoms with van der Waals surface area (Å²) < 4.78 is 1.82. The van der Waals surface area contributed by atoms with Gasteiger partial charge >= 0.3 is 6.03 Å². The molecule has 4 rings (SSSR count). The van der Waals surface area contributed by atoms with E-state index in [1.807, 2.05) is 46.1 Å². The third-order valence-corrected chi connectivity index (χ3v) is 4.83. The zero-order valence-corrected chi connectivity index (χ0v) is 13.6. The van der Waals surface area contributed by atoms with Gasteiger partial charge in [-0.2, -0.15) is 0 Å². The van der Waals surface area contributed by atoms with Gasteiger partial charge in [0.1, 0.15) is 0 Å². The number of para-hydroxylation sites is 1. The van der Waals surface area contributed by atoms with Crippen LogP contribution in [0.15, 0.2) is 36.5 Å². The smallest absolute Gasteiger partial charge is 0.317 e. The number of aromatic nitrogens is 3. The van der Waals surface area contributed by atoms with E-state index >= 15 is 0 Å². The van der Waals surface area contributed by atoms with Crippen molar-refractivity contribution in [2.45, 2.75) is 25.4 Å². The Balaban J connectivity index is 1.33. The van der Waals surface area contributed by atoms with E-state index in [-0.39, 0.29) is 6.03 Å². The second-order valence-electron chi connectivity index (χ2n) is 6.42. The summed E-state index contributed by atoms with van der Waals surface area (Å²) in [7, 11) is 0. The molecular weight excluding hydrogens is 304 g/mol. The van der Waals surface area contributed by atoms with Crippen LogP contribution < -0.4 is 5.32 Å². The number of benzene rings is 1. The third kappa shape index (κ3) is 3.12. The quantitative estimate of drug-likeness (QED) is 0.918. The Morgan fingerprint density at radius 3 is 2.62 bits per heavy atom. The maximum atomic E-state index is 11.8. The van der Waals surface area contributed by atoms with Crippen LogP contribution in [0.2, 0.25) is 0 Å². The molecule has 0 atom stereocenters. The first-order valence-corrected chi connectivity index (χ1v) is 8.53. The average Bonchev–Trinajstić information content (AvgIpc) is 3.26. The van der Waals surface area contributed by atoms with Crippen molar-refractivity contribution in [1.29, 1.82) is 0 Å². The van der Waals surface area contributed by atoms with Gasteiger partial charge in [0.05, 0.1) is 17.6 Å². The molecule has 3 heterocycles. The molecule has 2 saturated heterocycles. The minimum absolute atomic E-state index is 0.0965. The summed E-state index contributed by atoms with van der Waals surface area (Å²) in [6.45, 7) is 4.42. The summed E-state index contributed by atoms with van der Waals surface area (Å²) in [5, 5.41) is 11.4. The van der Waals surface area contributed by atoms with E-state index in [2.05, 4.69) is 20.5 Å². The molecule has 1 aromatic carbocycles. The van der Waals surface area contributed by atoms with Crippen LogP contribution in [0.3, 0.4) is 0 Å². The van der Waals surface area contributed by atoms with Crippen LogP contribution in [0.5, 0.6) is 0 Å². The number of piperidine rings is 1. The maximum absolute atomic E-state index is 11.8. The lowest BCUT2D eigenvalue weighted by atomic mass is 10.0. The molecule has 2 aliphatic heterocycles. The first-order chi connectivity index (χ1) is 11.8. The predicted octanol–water partition coefficient (Wildman–Crippen LogP) is 1.26. The molecule has 7 nitrogen and oxygen atoms in total. The maximum Gasteiger partial charge on any atom is 0.317 e. The predicted molar refractivity (Wildman–Crippen MR) is 89.8 cm³/mol. The van der Waals surface area contributed by atoms with E-state index in [0.717, 1.165) is 56.9 Å². The minimum atomic E-state index is 0.0965. The fourth-order valence-electron chi connectivity index (χ4n) is 3.53. The van der Waals surface area contributed by atoms with E-state index in [9.17, 15) is 4.79 Å². The fourth-order valence-corrected chi connectivity index (χ4v) is 3.53. The molecule has 0 aliphatic carbocycles. The second-order valence-corrected chi connectivity index (χ2v) is 6.42. The summed E-state index contributed by atoms with van der Waals surface area (Å²) in [5.74, 6) is 0. The van der Waals surface area contributed by atoms with Crippen molar-refractivity contribution in [3.05, 3.63) is 42.2 Å². The standard InChI is InChI=1S/C17H22N6O/c24-17-18-8-11-22(17)15-6-9-21(10-7-15)12-14-13-23(20-19-14)16-4-2-1-3-5-16/h1-5,13,15H,6-12H2,(H,18,24). The van der Waals surface area contributed by atoms with E-state index in [1.165, 1.54) is 0 Å².